The van der Waals surface area contributed by atoms with Gasteiger partial charge in [-0.05, 0) is 25.1 Å². The van der Waals surface area contributed by atoms with E-state index in [1.54, 1.807) is 19.1 Å². The fourth-order valence-electron chi connectivity index (χ4n) is 1.13. The molecule has 4 nitrogen and oxygen atoms in total. The van der Waals surface area contributed by atoms with Crippen LogP contribution in [0, 0.1) is 5.82 Å². The molecule has 1 aromatic carbocycles. The molecule has 6 heteroatoms. The maximum Gasteiger partial charge on any atom is 0.156 e. The summed E-state index contributed by atoms with van der Waals surface area (Å²) in [6.07, 6.45) is 0. The second-order valence-electron chi connectivity index (χ2n) is 3.36. The van der Waals surface area contributed by atoms with Gasteiger partial charge in [0.15, 0.2) is 5.84 Å². The third-order valence-electron chi connectivity index (χ3n) is 2.17. The van der Waals surface area contributed by atoms with Crippen LogP contribution in [0.4, 0.5) is 4.39 Å². The Morgan fingerprint density at radius 1 is 1.69 bits per heavy atom. The van der Waals surface area contributed by atoms with Crippen LogP contribution in [0.1, 0.15) is 12.5 Å². The van der Waals surface area contributed by atoms with Crippen LogP contribution < -0.4 is 11.1 Å². The lowest BCUT2D eigenvalue weighted by Gasteiger charge is -2.12. The minimum absolute atomic E-state index is 0.0652. The van der Waals surface area contributed by atoms with E-state index < -0.39 is 0 Å². The van der Waals surface area contributed by atoms with E-state index in [9.17, 15) is 4.39 Å². The normalized spacial score (nSPS) is 13.8. The third-order valence-corrected chi connectivity index (χ3v) is 2.66. The number of benzene rings is 1. The molecule has 0 aliphatic carbocycles. The van der Waals surface area contributed by atoms with Crippen molar-refractivity contribution in [1.29, 1.82) is 0 Å². The Balaban J connectivity index is 2.64. The van der Waals surface area contributed by atoms with Gasteiger partial charge in [-0.2, -0.15) is 0 Å². The minimum atomic E-state index is -0.316. The molecule has 1 atom stereocenters. The van der Waals surface area contributed by atoms with Gasteiger partial charge >= 0.3 is 0 Å². The topological polar surface area (TPSA) is 70.6 Å². The molecular formula is C10H13BrFN3O. The fourth-order valence-corrected chi connectivity index (χ4v) is 1.54. The molecule has 0 fully saturated rings. The quantitative estimate of drug-likeness (QED) is 0.343. The maximum absolute atomic E-state index is 13.3. The lowest BCUT2D eigenvalue weighted by molar-refractivity contribution is 0.315. The molecule has 1 unspecified atom stereocenters. The number of rotatable bonds is 4. The molecular weight excluding hydrogens is 277 g/mol. The van der Waals surface area contributed by atoms with E-state index in [2.05, 4.69) is 26.4 Å². The van der Waals surface area contributed by atoms with Crippen LogP contribution in [-0.4, -0.2) is 17.1 Å². The van der Waals surface area contributed by atoms with E-state index in [1.165, 1.54) is 6.07 Å². The average molecular weight is 290 g/mol. The Kier molecular flexibility index (Phi) is 4.70. The highest BCUT2D eigenvalue weighted by Crippen LogP contribution is 2.15. The van der Waals surface area contributed by atoms with Crippen molar-refractivity contribution in [2.45, 2.75) is 19.5 Å². The number of nitrogens with zero attached hydrogens (tertiary/aromatic N) is 1. The Bertz CT molecular complexity index is 398. The van der Waals surface area contributed by atoms with Gasteiger partial charge in [0.1, 0.15) is 5.82 Å². The van der Waals surface area contributed by atoms with E-state index in [0.717, 1.165) is 4.47 Å². The first-order valence-corrected chi connectivity index (χ1v) is 5.48. The summed E-state index contributed by atoms with van der Waals surface area (Å²) >= 11 is 3.26. The van der Waals surface area contributed by atoms with Crippen LogP contribution in [0.25, 0.3) is 0 Å². The summed E-state index contributed by atoms with van der Waals surface area (Å²) in [5, 5.41) is 14.3. The van der Waals surface area contributed by atoms with E-state index in [0.29, 0.717) is 12.1 Å². The molecule has 16 heavy (non-hydrogen) atoms. The fraction of sp³-hybridized carbons (Fsp3) is 0.300. The summed E-state index contributed by atoms with van der Waals surface area (Å²) in [6.45, 7) is 2.04. The molecule has 0 aromatic heterocycles. The molecule has 0 aliphatic heterocycles. The monoisotopic (exact) mass is 289 g/mol. The molecule has 0 amide bonds. The minimum Gasteiger partial charge on any atom is -0.409 e. The van der Waals surface area contributed by atoms with Crippen LogP contribution in [0.3, 0.4) is 0 Å². The molecule has 88 valence electrons. The molecule has 0 spiro atoms. The van der Waals surface area contributed by atoms with Crippen LogP contribution in [-0.2, 0) is 6.54 Å². The number of oxime groups is 1. The van der Waals surface area contributed by atoms with Gasteiger partial charge in [-0.1, -0.05) is 21.1 Å². The number of amidine groups is 1. The number of hydrogen-bond donors (Lipinski definition) is 3. The molecule has 0 saturated heterocycles. The SMILES string of the molecule is CC(NCc1cc(Br)ccc1F)C(N)=NO. The van der Waals surface area contributed by atoms with Crippen molar-refractivity contribution in [3.05, 3.63) is 34.1 Å². The van der Waals surface area contributed by atoms with Gasteiger partial charge in [0.25, 0.3) is 0 Å². The highest BCUT2D eigenvalue weighted by Gasteiger charge is 2.08. The summed E-state index contributed by atoms with van der Waals surface area (Å²) in [7, 11) is 0. The Hall–Kier alpha value is -1.14. The lowest BCUT2D eigenvalue weighted by Crippen LogP contribution is -2.38. The van der Waals surface area contributed by atoms with Gasteiger partial charge in [0.2, 0.25) is 0 Å². The molecule has 0 radical (unpaired) electrons. The molecule has 0 aliphatic rings. The van der Waals surface area contributed by atoms with Crippen LogP contribution in [0.2, 0.25) is 0 Å². The van der Waals surface area contributed by atoms with Crippen molar-refractivity contribution in [3.8, 4) is 0 Å². The largest absolute Gasteiger partial charge is 0.409 e. The Morgan fingerprint density at radius 2 is 2.38 bits per heavy atom. The average Bonchev–Trinajstić information content (AvgIpc) is 2.28. The predicted octanol–water partition coefficient (Wildman–Crippen LogP) is 1.81. The van der Waals surface area contributed by atoms with Crippen molar-refractivity contribution in [2.75, 3.05) is 0 Å². The summed E-state index contributed by atoms with van der Waals surface area (Å²) in [4.78, 5) is 0. The molecule has 1 rings (SSSR count). The van der Waals surface area contributed by atoms with Crippen LogP contribution in [0.15, 0.2) is 27.8 Å². The molecule has 0 bridgehead atoms. The van der Waals surface area contributed by atoms with E-state index in [1.807, 2.05) is 0 Å². The van der Waals surface area contributed by atoms with Crippen molar-refractivity contribution in [2.24, 2.45) is 10.9 Å². The van der Waals surface area contributed by atoms with E-state index in [-0.39, 0.29) is 17.7 Å². The van der Waals surface area contributed by atoms with Crippen molar-refractivity contribution >= 4 is 21.8 Å². The van der Waals surface area contributed by atoms with E-state index >= 15 is 0 Å². The van der Waals surface area contributed by atoms with Crippen molar-refractivity contribution < 1.29 is 9.60 Å². The van der Waals surface area contributed by atoms with E-state index in [4.69, 9.17) is 10.9 Å². The standard InChI is InChI=1S/C10H13BrFN3O/c1-6(10(13)15-16)14-5-7-4-8(11)2-3-9(7)12/h2-4,6,14,16H,5H2,1H3,(H2,13,15). The van der Waals surface area contributed by atoms with Gasteiger partial charge in [-0.25, -0.2) is 4.39 Å². The highest BCUT2D eigenvalue weighted by atomic mass is 79.9. The zero-order valence-electron chi connectivity index (χ0n) is 8.74. The molecule has 0 saturated carbocycles. The summed E-state index contributed by atoms with van der Waals surface area (Å²) in [5.41, 5.74) is 5.90. The summed E-state index contributed by atoms with van der Waals surface area (Å²) in [5.74, 6) is -0.224. The highest BCUT2D eigenvalue weighted by molar-refractivity contribution is 9.10. The van der Waals surface area contributed by atoms with Gasteiger partial charge in [0, 0.05) is 16.6 Å². The van der Waals surface area contributed by atoms with Crippen LogP contribution >= 0.6 is 15.9 Å². The zero-order valence-corrected chi connectivity index (χ0v) is 10.3. The number of halogens is 2. The molecule has 4 N–H and O–H groups in total. The van der Waals surface area contributed by atoms with Gasteiger partial charge in [-0.15, -0.1) is 0 Å². The van der Waals surface area contributed by atoms with Gasteiger partial charge in [0.05, 0.1) is 6.04 Å². The summed E-state index contributed by atoms with van der Waals surface area (Å²) in [6, 6.07) is 4.38. The number of nitrogens with two attached hydrogens (primary N) is 1. The van der Waals surface area contributed by atoms with Gasteiger partial charge in [-0.3, -0.25) is 0 Å². The maximum atomic E-state index is 13.3. The number of hydrogen-bond acceptors (Lipinski definition) is 3. The molecule has 1 aromatic rings. The first kappa shape index (κ1) is 12.9. The molecule has 0 heterocycles. The number of nitrogens with one attached hydrogen (secondary N) is 1. The Labute approximate surface area is 101 Å². The predicted molar refractivity (Wildman–Crippen MR) is 63.8 cm³/mol. The third kappa shape index (κ3) is 3.46. The Morgan fingerprint density at radius 3 is 3.00 bits per heavy atom. The smallest absolute Gasteiger partial charge is 0.156 e. The van der Waals surface area contributed by atoms with Gasteiger partial charge < -0.3 is 16.3 Å². The second kappa shape index (κ2) is 5.81. The summed E-state index contributed by atoms with van der Waals surface area (Å²) < 4.78 is 14.1. The zero-order chi connectivity index (χ0) is 12.1. The first-order chi connectivity index (χ1) is 7.54. The van der Waals surface area contributed by atoms with Crippen molar-refractivity contribution in [1.82, 2.24) is 5.32 Å². The lowest BCUT2D eigenvalue weighted by atomic mass is 10.2. The first-order valence-electron chi connectivity index (χ1n) is 4.69. The van der Waals surface area contributed by atoms with Crippen LogP contribution in [0.5, 0.6) is 0 Å². The van der Waals surface area contributed by atoms with Crippen molar-refractivity contribution in [3.63, 3.8) is 0 Å². The second-order valence-corrected chi connectivity index (χ2v) is 4.28.